The lowest BCUT2D eigenvalue weighted by Gasteiger charge is -2.32. The zero-order valence-corrected chi connectivity index (χ0v) is 11.1. The van der Waals surface area contributed by atoms with Crippen LogP contribution in [0, 0.1) is 0 Å². The summed E-state index contributed by atoms with van der Waals surface area (Å²) in [5.74, 6) is -20.2. The SMILES string of the molecule is O=c1[nH]c2ccccc2nc1C(F)(F)C(F)(F)C(F)(F)C(F)(F)F. The summed E-state index contributed by atoms with van der Waals surface area (Å²) in [6.07, 6.45) is -6.97. The molecule has 0 spiro atoms. The number of aromatic nitrogens is 2. The number of aromatic amines is 1. The van der Waals surface area contributed by atoms with Crippen molar-refractivity contribution in [3.63, 3.8) is 0 Å². The van der Waals surface area contributed by atoms with Crippen LogP contribution in [-0.2, 0) is 5.92 Å². The summed E-state index contributed by atoms with van der Waals surface area (Å²) in [4.78, 5) is 15.9. The molecule has 24 heavy (non-hydrogen) atoms. The Morgan fingerprint density at radius 2 is 1.38 bits per heavy atom. The average molecular weight is 364 g/mol. The Labute approximate surface area is 126 Å². The number of nitrogens with one attached hydrogen (secondary N) is 1. The van der Waals surface area contributed by atoms with Crippen LogP contribution in [0.1, 0.15) is 5.69 Å². The van der Waals surface area contributed by atoms with E-state index in [1.165, 1.54) is 12.1 Å². The van der Waals surface area contributed by atoms with Gasteiger partial charge in [-0.2, -0.15) is 39.5 Å². The van der Waals surface area contributed by atoms with Crippen LogP contribution < -0.4 is 5.56 Å². The van der Waals surface area contributed by atoms with E-state index in [-0.39, 0.29) is 5.52 Å². The fourth-order valence-electron chi connectivity index (χ4n) is 1.77. The lowest BCUT2D eigenvalue weighted by Crippen LogP contribution is -2.60. The molecule has 2 rings (SSSR count). The molecule has 0 saturated heterocycles. The first-order valence-corrected chi connectivity index (χ1v) is 5.93. The maximum absolute atomic E-state index is 13.7. The van der Waals surface area contributed by atoms with Crippen molar-refractivity contribution in [2.75, 3.05) is 0 Å². The summed E-state index contributed by atoms with van der Waals surface area (Å²) in [5.41, 5.74) is -5.17. The van der Waals surface area contributed by atoms with Crippen molar-refractivity contribution in [1.82, 2.24) is 9.97 Å². The van der Waals surface area contributed by atoms with Crippen molar-refractivity contribution < 1.29 is 39.5 Å². The molecule has 1 aromatic carbocycles. The molecule has 12 heteroatoms. The second-order valence-corrected chi connectivity index (χ2v) is 4.65. The third kappa shape index (κ3) is 2.40. The van der Waals surface area contributed by atoms with E-state index in [9.17, 15) is 44.3 Å². The number of rotatable bonds is 3. The molecule has 0 unspecified atom stereocenters. The minimum Gasteiger partial charge on any atom is -0.319 e. The molecule has 0 aliphatic heterocycles. The first-order valence-electron chi connectivity index (χ1n) is 5.93. The van der Waals surface area contributed by atoms with Gasteiger partial charge in [-0.15, -0.1) is 0 Å². The Hall–Kier alpha value is -2.27. The summed E-state index contributed by atoms with van der Waals surface area (Å²) in [7, 11) is 0. The third-order valence-corrected chi connectivity index (χ3v) is 3.04. The van der Waals surface area contributed by atoms with Gasteiger partial charge in [0.15, 0.2) is 5.69 Å². The summed E-state index contributed by atoms with van der Waals surface area (Å²) < 4.78 is 116. The largest absolute Gasteiger partial charge is 0.460 e. The molecule has 3 nitrogen and oxygen atoms in total. The predicted octanol–water partition coefficient (Wildman–Crippen LogP) is 3.85. The van der Waals surface area contributed by atoms with Crippen LogP contribution in [0.15, 0.2) is 29.1 Å². The van der Waals surface area contributed by atoms with Crippen LogP contribution >= 0.6 is 0 Å². The molecule has 0 aliphatic rings. The van der Waals surface area contributed by atoms with Crippen molar-refractivity contribution in [3.05, 3.63) is 40.3 Å². The molecule has 1 heterocycles. The number of halogens is 9. The van der Waals surface area contributed by atoms with Crippen molar-refractivity contribution in [1.29, 1.82) is 0 Å². The van der Waals surface area contributed by atoms with Gasteiger partial charge in [0, 0.05) is 0 Å². The molecule has 0 saturated carbocycles. The fourth-order valence-corrected chi connectivity index (χ4v) is 1.77. The Morgan fingerprint density at radius 1 is 0.833 bits per heavy atom. The molecule has 0 aliphatic carbocycles. The number of H-pyrrole nitrogens is 1. The van der Waals surface area contributed by atoms with Gasteiger partial charge in [0.25, 0.3) is 5.56 Å². The molecular formula is C12H5F9N2O. The van der Waals surface area contributed by atoms with Gasteiger partial charge < -0.3 is 4.98 Å². The highest BCUT2D eigenvalue weighted by Crippen LogP contribution is 2.55. The predicted molar refractivity (Wildman–Crippen MR) is 62.2 cm³/mol. The van der Waals surface area contributed by atoms with Crippen molar-refractivity contribution in [3.8, 4) is 0 Å². The van der Waals surface area contributed by atoms with E-state index in [1.807, 2.05) is 0 Å². The highest BCUT2D eigenvalue weighted by Gasteiger charge is 2.82. The van der Waals surface area contributed by atoms with Crippen LogP contribution in [0.3, 0.4) is 0 Å². The zero-order valence-electron chi connectivity index (χ0n) is 11.1. The molecule has 1 aromatic heterocycles. The molecule has 0 bridgehead atoms. The molecule has 132 valence electrons. The van der Waals surface area contributed by atoms with E-state index in [1.54, 1.807) is 4.98 Å². The topological polar surface area (TPSA) is 45.8 Å². The summed E-state index contributed by atoms with van der Waals surface area (Å²) >= 11 is 0. The first kappa shape index (κ1) is 18.1. The van der Waals surface area contributed by atoms with Gasteiger partial charge in [0.2, 0.25) is 0 Å². The van der Waals surface area contributed by atoms with Gasteiger partial charge in [-0.3, -0.25) is 4.79 Å². The number of hydrogen-bond acceptors (Lipinski definition) is 2. The molecule has 0 fully saturated rings. The van der Waals surface area contributed by atoms with E-state index in [0.717, 1.165) is 12.1 Å². The van der Waals surface area contributed by atoms with Gasteiger partial charge in [-0.1, -0.05) is 12.1 Å². The Kier molecular flexibility index (Phi) is 3.85. The summed E-state index contributed by atoms with van der Waals surface area (Å²) in [6.45, 7) is 0. The molecule has 0 atom stereocenters. The number of alkyl halides is 9. The molecule has 2 aromatic rings. The number of hydrogen-bond donors (Lipinski definition) is 1. The Bertz CT molecular complexity index is 825. The molecule has 1 N–H and O–H groups in total. The van der Waals surface area contributed by atoms with Crippen LogP contribution in [0.4, 0.5) is 39.5 Å². The number of fused-ring (bicyclic) bond motifs is 1. The van der Waals surface area contributed by atoms with Gasteiger partial charge >= 0.3 is 23.9 Å². The number of nitrogens with zero attached hydrogens (tertiary/aromatic N) is 1. The lowest BCUT2D eigenvalue weighted by atomic mass is 10.0. The van der Waals surface area contributed by atoms with Gasteiger partial charge in [-0.05, 0) is 12.1 Å². The maximum atomic E-state index is 13.7. The van der Waals surface area contributed by atoms with Crippen LogP contribution in [-0.4, -0.2) is 28.0 Å². The summed E-state index contributed by atoms with van der Waals surface area (Å²) in [5, 5.41) is 0. The zero-order chi connectivity index (χ0) is 18.6. The Balaban J connectivity index is 2.70. The first-order chi connectivity index (χ1) is 10.7. The van der Waals surface area contributed by atoms with E-state index in [2.05, 4.69) is 4.98 Å². The van der Waals surface area contributed by atoms with Crippen molar-refractivity contribution in [2.24, 2.45) is 0 Å². The number of benzene rings is 1. The molecule has 0 radical (unpaired) electrons. The van der Waals surface area contributed by atoms with Gasteiger partial charge in [0.05, 0.1) is 11.0 Å². The highest BCUT2D eigenvalue weighted by atomic mass is 19.4. The molecular weight excluding hydrogens is 359 g/mol. The van der Waals surface area contributed by atoms with Gasteiger partial charge in [0.1, 0.15) is 0 Å². The van der Waals surface area contributed by atoms with Crippen molar-refractivity contribution >= 4 is 11.0 Å². The maximum Gasteiger partial charge on any atom is 0.460 e. The Morgan fingerprint density at radius 3 is 1.92 bits per heavy atom. The highest BCUT2D eigenvalue weighted by molar-refractivity contribution is 5.73. The minimum atomic E-state index is -7.09. The molecule has 0 amide bonds. The second kappa shape index (κ2) is 5.11. The van der Waals surface area contributed by atoms with E-state index in [4.69, 9.17) is 0 Å². The smallest absolute Gasteiger partial charge is 0.319 e. The number of para-hydroxylation sites is 2. The van der Waals surface area contributed by atoms with Gasteiger partial charge in [-0.25, -0.2) is 4.98 Å². The van der Waals surface area contributed by atoms with Crippen LogP contribution in [0.25, 0.3) is 11.0 Å². The van der Waals surface area contributed by atoms with E-state index in [0.29, 0.717) is 0 Å². The average Bonchev–Trinajstić information content (AvgIpc) is 2.44. The fraction of sp³-hybridized carbons (Fsp3) is 0.333. The van der Waals surface area contributed by atoms with Crippen LogP contribution in [0.2, 0.25) is 0 Å². The van der Waals surface area contributed by atoms with E-state index >= 15 is 0 Å². The quantitative estimate of drug-likeness (QED) is 0.841. The third-order valence-electron chi connectivity index (χ3n) is 3.04. The minimum absolute atomic E-state index is 0.201. The normalized spacial score (nSPS) is 14.2. The van der Waals surface area contributed by atoms with E-state index < -0.39 is 40.7 Å². The van der Waals surface area contributed by atoms with Crippen LogP contribution in [0.5, 0.6) is 0 Å². The lowest BCUT2D eigenvalue weighted by molar-refractivity contribution is -0.400. The van der Waals surface area contributed by atoms with Crippen molar-refractivity contribution in [2.45, 2.75) is 23.9 Å². The summed E-state index contributed by atoms with van der Waals surface area (Å²) in [6, 6.07) is 4.60. The standard InChI is InChI=1S/C12H5F9N2O/c13-9(14,10(15,16)11(17,18)12(19,20)21)7-8(24)23-6-4-2-1-3-5(6)22-7/h1-4H,(H,23,24). The second-order valence-electron chi connectivity index (χ2n) is 4.65. The monoisotopic (exact) mass is 364 g/mol.